The number of hydrogen-bond acceptors (Lipinski definition) is 10. The van der Waals surface area contributed by atoms with E-state index in [0.717, 1.165) is 11.3 Å². The Kier molecular flexibility index (Phi) is 4.41. The Labute approximate surface area is 178 Å². The predicted molar refractivity (Wildman–Crippen MR) is 106 cm³/mol. The third-order valence-corrected chi connectivity index (χ3v) is 7.04. The molecule has 10 nitrogen and oxygen atoms in total. The third-order valence-electron chi connectivity index (χ3n) is 4.19. The van der Waals surface area contributed by atoms with E-state index < -0.39 is 10.0 Å². The van der Waals surface area contributed by atoms with Crippen LogP contribution >= 0.6 is 22.9 Å². The molecule has 0 bridgehead atoms. The van der Waals surface area contributed by atoms with Gasteiger partial charge in [0.15, 0.2) is 11.5 Å². The minimum absolute atomic E-state index is 0.0536. The second-order valence-corrected chi connectivity index (χ2v) is 9.07. The first kappa shape index (κ1) is 18.9. The minimum atomic E-state index is -4.04. The van der Waals surface area contributed by atoms with E-state index in [0.29, 0.717) is 22.8 Å². The van der Waals surface area contributed by atoms with Gasteiger partial charge in [-0.25, -0.2) is 13.1 Å². The molecule has 0 radical (unpaired) electrons. The Morgan fingerprint density at radius 2 is 1.97 bits per heavy atom. The fraction of sp³-hybridized carbons (Fsp3) is 0.118. The van der Waals surface area contributed by atoms with E-state index in [4.69, 9.17) is 30.1 Å². The summed E-state index contributed by atoms with van der Waals surface area (Å²) < 4.78 is 48.9. The largest absolute Gasteiger partial charge is 0.454 e. The van der Waals surface area contributed by atoms with Gasteiger partial charge in [-0.3, -0.25) is 0 Å². The Hall–Kier alpha value is -3.09. The van der Waals surface area contributed by atoms with Gasteiger partial charge in [-0.15, -0.1) is 11.3 Å². The monoisotopic (exact) mass is 466 g/mol. The summed E-state index contributed by atoms with van der Waals surface area (Å²) in [6.45, 7) is 1.74. The highest BCUT2D eigenvalue weighted by atomic mass is 35.5. The molecule has 0 unspecified atom stereocenters. The number of ether oxygens (including phenoxy) is 2. The first-order chi connectivity index (χ1) is 14.4. The van der Waals surface area contributed by atoms with Crippen molar-refractivity contribution in [1.29, 1.82) is 0 Å². The highest BCUT2D eigenvalue weighted by Gasteiger charge is 2.27. The SMILES string of the molecule is Cc1noc(NS(=O)(=O)c2ccsc2-c2nc(-c3ccc4c(c3)OCO4)no2)c1Cl. The Balaban J connectivity index is 1.47. The average Bonchev–Trinajstić information content (AvgIpc) is 3.50. The van der Waals surface area contributed by atoms with E-state index in [2.05, 4.69) is 20.0 Å². The first-order valence-corrected chi connectivity index (χ1v) is 11.1. The quantitative estimate of drug-likeness (QED) is 0.464. The number of thiophene rings is 1. The zero-order valence-corrected chi connectivity index (χ0v) is 17.5. The van der Waals surface area contributed by atoms with Crippen LogP contribution in [0.15, 0.2) is 43.6 Å². The average molecular weight is 467 g/mol. The number of anilines is 1. The van der Waals surface area contributed by atoms with Gasteiger partial charge in [0.2, 0.25) is 12.6 Å². The van der Waals surface area contributed by atoms with Crippen LogP contribution in [-0.2, 0) is 10.0 Å². The van der Waals surface area contributed by atoms with Crippen LogP contribution in [0.4, 0.5) is 5.88 Å². The Morgan fingerprint density at radius 1 is 1.13 bits per heavy atom. The normalized spacial score (nSPS) is 13.0. The van der Waals surface area contributed by atoms with E-state index >= 15 is 0 Å². The van der Waals surface area contributed by atoms with Crippen LogP contribution in [0.2, 0.25) is 5.02 Å². The predicted octanol–water partition coefficient (Wildman–Crippen LogP) is 3.94. The molecule has 1 aliphatic heterocycles. The fourth-order valence-electron chi connectivity index (χ4n) is 2.73. The van der Waals surface area contributed by atoms with E-state index in [1.807, 2.05) is 0 Å². The van der Waals surface area contributed by atoms with Gasteiger partial charge in [-0.1, -0.05) is 21.9 Å². The van der Waals surface area contributed by atoms with E-state index in [1.165, 1.54) is 6.07 Å². The van der Waals surface area contributed by atoms with Gasteiger partial charge in [-0.2, -0.15) is 4.98 Å². The summed E-state index contributed by atoms with van der Waals surface area (Å²) >= 11 is 7.14. The lowest BCUT2D eigenvalue weighted by atomic mass is 10.2. The standard InChI is InChI=1S/C17H11ClN4O6S2/c1-8-13(18)16(27-20-8)22-30(23,24)12-4-5-29-14(12)17-19-15(21-28-17)9-2-3-10-11(6-9)26-7-25-10/h2-6,22H,7H2,1H3. The topological polar surface area (TPSA) is 130 Å². The van der Waals surface area contributed by atoms with Gasteiger partial charge in [-0.05, 0) is 36.6 Å². The molecule has 0 aliphatic carbocycles. The number of halogens is 1. The van der Waals surface area contributed by atoms with Crippen LogP contribution in [-0.4, -0.2) is 30.5 Å². The van der Waals surface area contributed by atoms with Crippen molar-refractivity contribution in [1.82, 2.24) is 15.3 Å². The number of sulfonamides is 1. The maximum atomic E-state index is 12.9. The van der Waals surface area contributed by atoms with Gasteiger partial charge < -0.3 is 18.5 Å². The van der Waals surface area contributed by atoms with Crippen LogP contribution < -0.4 is 14.2 Å². The molecule has 154 valence electrons. The summed E-state index contributed by atoms with van der Waals surface area (Å²) in [6.07, 6.45) is 0. The molecule has 1 aromatic carbocycles. The number of hydrogen-bond donors (Lipinski definition) is 1. The second kappa shape index (κ2) is 7.00. The molecule has 30 heavy (non-hydrogen) atoms. The third kappa shape index (κ3) is 3.18. The fourth-order valence-corrected chi connectivity index (χ4v) is 5.24. The summed E-state index contributed by atoms with van der Waals surface area (Å²) in [5, 5.41) is 9.26. The molecule has 13 heteroatoms. The second-order valence-electron chi connectivity index (χ2n) is 6.12. The van der Waals surface area contributed by atoms with Crippen LogP contribution in [0.5, 0.6) is 11.5 Å². The Morgan fingerprint density at radius 3 is 2.77 bits per heavy atom. The molecule has 1 N–H and O–H groups in total. The summed E-state index contributed by atoms with van der Waals surface area (Å²) in [5.41, 5.74) is 1.00. The lowest BCUT2D eigenvalue weighted by molar-refractivity contribution is 0.174. The van der Waals surface area contributed by atoms with Crippen molar-refractivity contribution in [2.45, 2.75) is 11.8 Å². The van der Waals surface area contributed by atoms with Crippen molar-refractivity contribution in [3.05, 3.63) is 40.4 Å². The van der Waals surface area contributed by atoms with Crippen molar-refractivity contribution < 1.29 is 26.9 Å². The number of nitrogens with one attached hydrogen (secondary N) is 1. The summed E-state index contributed by atoms with van der Waals surface area (Å²) in [5.74, 6) is 1.36. The molecule has 4 aromatic rings. The van der Waals surface area contributed by atoms with E-state index in [1.54, 1.807) is 30.5 Å². The van der Waals surface area contributed by atoms with Crippen molar-refractivity contribution in [3.8, 4) is 33.7 Å². The van der Waals surface area contributed by atoms with Crippen molar-refractivity contribution in [2.75, 3.05) is 11.5 Å². The molecule has 0 saturated carbocycles. The number of aromatic nitrogens is 3. The summed E-state index contributed by atoms with van der Waals surface area (Å²) in [6, 6.07) is 6.63. The number of nitrogens with zero attached hydrogens (tertiary/aromatic N) is 3. The number of benzene rings is 1. The smallest absolute Gasteiger partial charge is 0.269 e. The molecule has 0 saturated heterocycles. The van der Waals surface area contributed by atoms with Gasteiger partial charge in [0.05, 0.1) is 0 Å². The van der Waals surface area contributed by atoms with Gasteiger partial charge in [0.25, 0.3) is 21.8 Å². The Bertz CT molecular complexity index is 1360. The van der Waals surface area contributed by atoms with Crippen molar-refractivity contribution >= 4 is 38.8 Å². The molecule has 0 amide bonds. The summed E-state index contributed by atoms with van der Waals surface area (Å²) in [4.78, 5) is 4.55. The minimum Gasteiger partial charge on any atom is -0.454 e. The van der Waals surface area contributed by atoms with E-state index in [-0.39, 0.29) is 39.2 Å². The van der Waals surface area contributed by atoms with Gasteiger partial charge in [0.1, 0.15) is 20.5 Å². The van der Waals surface area contributed by atoms with Gasteiger partial charge in [0, 0.05) is 5.56 Å². The maximum Gasteiger partial charge on any atom is 0.269 e. The molecule has 0 fully saturated rings. The zero-order valence-electron chi connectivity index (χ0n) is 15.1. The molecular formula is C17H11ClN4O6S2. The molecule has 3 aromatic heterocycles. The maximum absolute atomic E-state index is 12.9. The van der Waals surface area contributed by atoms with Crippen LogP contribution in [0, 0.1) is 6.92 Å². The van der Waals surface area contributed by atoms with Gasteiger partial charge >= 0.3 is 0 Å². The number of fused-ring (bicyclic) bond motifs is 1. The van der Waals surface area contributed by atoms with Crippen LogP contribution in [0.3, 0.4) is 0 Å². The highest BCUT2D eigenvalue weighted by Crippen LogP contribution is 2.37. The van der Waals surface area contributed by atoms with Crippen molar-refractivity contribution in [2.24, 2.45) is 0 Å². The molecule has 0 atom stereocenters. The van der Waals surface area contributed by atoms with Crippen LogP contribution in [0.1, 0.15) is 5.69 Å². The van der Waals surface area contributed by atoms with E-state index in [9.17, 15) is 8.42 Å². The van der Waals surface area contributed by atoms with Crippen molar-refractivity contribution in [3.63, 3.8) is 0 Å². The van der Waals surface area contributed by atoms with Crippen LogP contribution in [0.25, 0.3) is 22.2 Å². The lowest BCUT2D eigenvalue weighted by Crippen LogP contribution is -2.12. The first-order valence-electron chi connectivity index (χ1n) is 8.38. The molecule has 4 heterocycles. The molecule has 0 spiro atoms. The molecule has 5 rings (SSSR count). The molecule has 1 aliphatic rings. The lowest BCUT2D eigenvalue weighted by Gasteiger charge is -2.04. The zero-order chi connectivity index (χ0) is 20.9. The number of aryl methyl sites for hydroxylation is 1. The summed E-state index contributed by atoms with van der Waals surface area (Å²) in [7, 11) is -4.04. The number of rotatable bonds is 5. The molecular weight excluding hydrogens is 456 g/mol. The highest BCUT2D eigenvalue weighted by molar-refractivity contribution is 7.93.